The molecule has 3 nitrogen and oxygen atoms in total. The summed E-state index contributed by atoms with van der Waals surface area (Å²) in [4.78, 5) is 12.2. The second-order valence-corrected chi connectivity index (χ2v) is 5.01. The maximum atomic E-state index is 13.2. The third-order valence-electron chi connectivity index (χ3n) is 2.72. The average Bonchev–Trinajstić information content (AvgIpc) is 2.44. The molecule has 2 aromatic rings. The Kier molecular flexibility index (Phi) is 4.74. The molecule has 0 fully saturated rings. The van der Waals surface area contributed by atoms with Crippen molar-refractivity contribution < 1.29 is 9.18 Å². The van der Waals surface area contributed by atoms with Crippen molar-refractivity contribution in [3.63, 3.8) is 0 Å². The van der Waals surface area contributed by atoms with Crippen LogP contribution in [0.2, 0.25) is 0 Å². The van der Waals surface area contributed by atoms with Crippen molar-refractivity contribution in [2.24, 2.45) is 0 Å². The van der Waals surface area contributed by atoms with Gasteiger partial charge in [-0.25, -0.2) is 4.39 Å². The number of carbonyl (C=O) groups excluding carboxylic acids is 1. The Hall–Kier alpha value is -1.88. The predicted octanol–water partition coefficient (Wildman–Crippen LogP) is 4.27. The highest BCUT2D eigenvalue weighted by Crippen LogP contribution is 2.22. The Labute approximate surface area is 125 Å². The molecule has 0 spiro atoms. The monoisotopic (exact) mass is 336 g/mol. The summed E-state index contributed by atoms with van der Waals surface area (Å²) in [6.45, 7) is 2.69. The van der Waals surface area contributed by atoms with Crippen LogP contribution in [0.4, 0.5) is 15.8 Å². The van der Waals surface area contributed by atoms with Crippen LogP contribution in [0.1, 0.15) is 17.3 Å². The Morgan fingerprint density at radius 2 is 2.00 bits per heavy atom. The first-order valence-corrected chi connectivity index (χ1v) is 7.00. The van der Waals surface area contributed by atoms with Crippen molar-refractivity contribution in [3.05, 3.63) is 58.3 Å². The van der Waals surface area contributed by atoms with Crippen LogP contribution >= 0.6 is 15.9 Å². The molecule has 0 aliphatic carbocycles. The lowest BCUT2D eigenvalue weighted by Crippen LogP contribution is -2.14. The topological polar surface area (TPSA) is 41.1 Å². The molecule has 2 N–H and O–H groups in total. The molecular formula is C15H14BrFN2O. The van der Waals surface area contributed by atoms with Crippen LogP contribution < -0.4 is 10.6 Å². The number of halogens is 2. The van der Waals surface area contributed by atoms with Gasteiger partial charge in [-0.3, -0.25) is 4.79 Å². The van der Waals surface area contributed by atoms with Gasteiger partial charge in [0, 0.05) is 17.9 Å². The van der Waals surface area contributed by atoms with E-state index in [1.807, 2.05) is 19.1 Å². The molecule has 2 aromatic carbocycles. The first-order chi connectivity index (χ1) is 9.61. The van der Waals surface area contributed by atoms with E-state index in [2.05, 4.69) is 26.6 Å². The van der Waals surface area contributed by atoms with Crippen molar-refractivity contribution in [1.82, 2.24) is 0 Å². The lowest BCUT2D eigenvalue weighted by atomic mass is 10.1. The second-order valence-electron chi connectivity index (χ2n) is 4.16. The predicted molar refractivity (Wildman–Crippen MR) is 82.7 cm³/mol. The van der Waals surface area contributed by atoms with E-state index in [-0.39, 0.29) is 11.7 Å². The number of para-hydroxylation sites is 1. The molecule has 0 aliphatic rings. The molecule has 20 heavy (non-hydrogen) atoms. The molecule has 0 heterocycles. The zero-order valence-corrected chi connectivity index (χ0v) is 12.5. The molecule has 104 valence electrons. The van der Waals surface area contributed by atoms with E-state index in [0.717, 1.165) is 12.2 Å². The van der Waals surface area contributed by atoms with E-state index < -0.39 is 0 Å². The highest BCUT2D eigenvalue weighted by atomic mass is 79.9. The van der Waals surface area contributed by atoms with Gasteiger partial charge >= 0.3 is 0 Å². The number of nitrogens with one attached hydrogen (secondary N) is 2. The van der Waals surface area contributed by atoms with E-state index in [4.69, 9.17) is 0 Å². The number of anilines is 2. The van der Waals surface area contributed by atoms with Gasteiger partial charge in [0.25, 0.3) is 5.91 Å². The summed E-state index contributed by atoms with van der Waals surface area (Å²) in [5, 5.41) is 5.88. The largest absolute Gasteiger partial charge is 0.385 e. The normalized spacial score (nSPS) is 10.2. The molecular weight excluding hydrogens is 323 g/mol. The molecule has 0 radical (unpaired) electrons. The zero-order valence-electron chi connectivity index (χ0n) is 10.9. The first kappa shape index (κ1) is 14.5. The van der Waals surface area contributed by atoms with E-state index in [1.165, 1.54) is 18.2 Å². The van der Waals surface area contributed by atoms with Crippen molar-refractivity contribution in [1.29, 1.82) is 0 Å². The minimum Gasteiger partial charge on any atom is -0.385 e. The van der Waals surface area contributed by atoms with Gasteiger partial charge in [0.1, 0.15) is 5.82 Å². The highest BCUT2D eigenvalue weighted by Gasteiger charge is 2.11. The second kappa shape index (κ2) is 6.52. The van der Waals surface area contributed by atoms with Crippen molar-refractivity contribution in [3.8, 4) is 0 Å². The van der Waals surface area contributed by atoms with Crippen LogP contribution in [-0.2, 0) is 0 Å². The number of hydrogen-bond acceptors (Lipinski definition) is 2. The number of rotatable bonds is 4. The number of carbonyl (C=O) groups is 1. The molecule has 1 amide bonds. The molecule has 5 heteroatoms. The standard InChI is InChI=1S/C15H14BrFN2O/c1-2-18-14-6-4-3-5-11(14)15(20)19-10-7-8-13(17)12(16)9-10/h3-9,18H,2H2,1H3,(H,19,20). The molecule has 2 rings (SSSR count). The smallest absolute Gasteiger partial charge is 0.257 e. The van der Waals surface area contributed by atoms with E-state index in [0.29, 0.717) is 15.7 Å². The fourth-order valence-electron chi connectivity index (χ4n) is 1.80. The van der Waals surface area contributed by atoms with Gasteiger partial charge in [-0.05, 0) is 53.2 Å². The maximum Gasteiger partial charge on any atom is 0.257 e. The lowest BCUT2D eigenvalue weighted by molar-refractivity contribution is 0.102. The van der Waals surface area contributed by atoms with Crippen LogP contribution in [0.25, 0.3) is 0 Å². The molecule has 0 saturated heterocycles. The maximum absolute atomic E-state index is 13.2. The van der Waals surface area contributed by atoms with Gasteiger partial charge < -0.3 is 10.6 Å². The summed E-state index contributed by atoms with van der Waals surface area (Å²) in [5.41, 5.74) is 1.86. The zero-order chi connectivity index (χ0) is 14.5. The summed E-state index contributed by atoms with van der Waals surface area (Å²) in [5.74, 6) is -0.601. The van der Waals surface area contributed by atoms with E-state index >= 15 is 0 Å². The average molecular weight is 337 g/mol. The first-order valence-electron chi connectivity index (χ1n) is 6.21. The summed E-state index contributed by atoms with van der Waals surface area (Å²) in [7, 11) is 0. The minimum absolute atomic E-state index is 0.236. The van der Waals surface area contributed by atoms with Crippen LogP contribution in [0.15, 0.2) is 46.9 Å². The quantitative estimate of drug-likeness (QED) is 0.875. The third kappa shape index (κ3) is 3.36. The summed E-state index contributed by atoms with van der Waals surface area (Å²) in [6.07, 6.45) is 0. The van der Waals surface area contributed by atoms with Crippen LogP contribution in [-0.4, -0.2) is 12.5 Å². The fraction of sp³-hybridized carbons (Fsp3) is 0.133. The van der Waals surface area contributed by atoms with Gasteiger partial charge in [-0.15, -0.1) is 0 Å². The number of hydrogen-bond donors (Lipinski definition) is 2. The minimum atomic E-state index is -0.365. The van der Waals surface area contributed by atoms with Gasteiger partial charge in [-0.1, -0.05) is 12.1 Å². The lowest BCUT2D eigenvalue weighted by Gasteiger charge is -2.11. The van der Waals surface area contributed by atoms with Crippen LogP contribution in [0, 0.1) is 5.82 Å². The summed E-state index contributed by atoms with van der Waals surface area (Å²) >= 11 is 3.09. The van der Waals surface area contributed by atoms with E-state index in [1.54, 1.807) is 12.1 Å². The summed E-state index contributed by atoms with van der Waals surface area (Å²) < 4.78 is 13.5. The Morgan fingerprint density at radius 3 is 2.70 bits per heavy atom. The Morgan fingerprint density at radius 1 is 1.25 bits per heavy atom. The fourth-order valence-corrected chi connectivity index (χ4v) is 2.18. The molecule has 0 aromatic heterocycles. The van der Waals surface area contributed by atoms with Crippen molar-refractivity contribution in [2.45, 2.75) is 6.92 Å². The molecule has 0 unspecified atom stereocenters. The number of benzene rings is 2. The Balaban J connectivity index is 2.21. The molecule has 0 bridgehead atoms. The van der Waals surface area contributed by atoms with Crippen molar-refractivity contribution in [2.75, 3.05) is 17.2 Å². The van der Waals surface area contributed by atoms with Gasteiger partial charge in [-0.2, -0.15) is 0 Å². The van der Waals surface area contributed by atoms with Crippen LogP contribution in [0.5, 0.6) is 0 Å². The van der Waals surface area contributed by atoms with E-state index in [9.17, 15) is 9.18 Å². The van der Waals surface area contributed by atoms with Crippen LogP contribution in [0.3, 0.4) is 0 Å². The van der Waals surface area contributed by atoms with Gasteiger partial charge in [0.05, 0.1) is 10.0 Å². The molecule has 0 saturated carbocycles. The summed E-state index contributed by atoms with van der Waals surface area (Å²) in [6, 6.07) is 11.6. The van der Waals surface area contributed by atoms with Gasteiger partial charge in [0.15, 0.2) is 0 Å². The highest BCUT2D eigenvalue weighted by molar-refractivity contribution is 9.10. The third-order valence-corrected chi connectivity index (χ3v) is 3.32. The molecule has 0 aliphatic heterocycles. The molecule has 0 atom stereocenters. The number of amides is 1. The SMILES string of the molecule is CCNc1ccccc1C(=O)Nc1ccc(F)c(Br)c1. The van der Waals surface area contributed by atoms with Gasteiger partial charge in [0.2, 0.25) is 0 Å². The van der Waals surface area contributed by atoms with Crippen molar-refractivity contribution >= 4 is 33.2 Å². The Bertz CT molecular complexity index is 631.